The summed E-state index contributed by atoms with van der Waals surface area (Å²) in [7, 11) is 1.56. The van der Waals surface area contributed by atoms with Crippen LogP contribution in [0.1, 0.15) is 6.42 Å². The third-order valence-corrected chi connectivity index (χ3v) is 2.39. The highest BCUT2D eigenvalue weighted by Crippen LogP contribution is 2.11. The van der Waals surface area contributed by atoms with E-state index in [4.69, 9.17) is 10.5 Å². The number of nitrogens with two attached hydrogens (primary N) is 1. The lowest BCUT2D eigenvalue weighted by Gasteiger charge is -2.12. The Morgan fingerprint density at radius 1 is 1.47 bits per heavy atom. The van der Waals surface area contributed by atoms with E-state index in [1.54, 1.807) is 7.05 Å². The Kier molecular flexibility index (Phi) is 4.51. The van der Waals surface area contributed by atoms with Crippen molar-refractivity contribution in [2.45, 2.75) is 12.5 Å². The molecule has 1 aliphatic rings. The van der Waals surface area contributed by atoms with Crippen molar-refractivity contribution in [3.8, 4) is 0 Å². The molecule has 1 aliphatic heterocycles. The van der Waals surface area contributed by atoms with E-state index in [2.05, 4.69) is 10.6 Å². The number of carbonyl (C=O) groups is 2. The van der Waals surface area contributed by atoms with Crippen molar-refractivity contribution in [1.82, 2.24) is 10.6 Å². The van der Waals surface area contributed by atoms with Gasteiger partial charge in [0.1, 0.15) is 0 Å². The first-order chi connectivity index (χ1) is 7.15. The first-order valence-electron chi connectivity index (χ1n) is 4.96. The molecule has 0 bridgehead atoms. The van der Waals surface area contributed by atoms with Crippen molar-refractivity contribution in [2.75, 3.05) is 26.8 Å². The lowest BCUT2D eigenvalue weighted by atomic mass is 10.0. The summed E-state index contributed by atoms with van der Waals surface area (Å²) in [6.07, 6.45) is 0.283. The Labute approximate surface area is 88.5 Å². The van der Waals surface area contributed by atoms with E-state index in [1.807, 2.05) is 0 Å². The summed E-state index contributed by atoms with van der Waals surface area (Å²) < 4.78 is 5.07. The monoisotopic (exact) mass is 215 g/mol. The number of nitrogens with one attached hydrogen (secondary N) is 2. The van der Waals surface area contributed by atoms with Crippen LogP contribution in [-0.4, -0.2) is 44.7 Å². The Morgan fingerprint density at radius 2 is 2.20 bits per heavy atom. The Hall–Kier alpha value is -1.14. The van der Waals surface area contributed by atoms with E-state index in [-0.39, 0.29) is 30.2 Å². The Balaban J connectivity index is 2.21. The molecule has 15 heavy (non-hydrogen) atoms. The van der Waals surface area contributed by atoms with Gasteiger partial charge in [-0.1, -0.05) is 0 Å². The molecule has 2 atom stereocenters. The van der Waals surface area contributed by atoms with Gasteiger partial charge in [0.05, 0.1) is 19.1 Å². The quantitative estimate of drug-likeness (QED) is 0.516. The summed E-state index contributed by atoms with van der Waals surface area (Å²) in [6.45, 7) is 1.13. The van der Waals surface area contributed by atoms with Crippen LogP contribution in [0.5, 0.6) is 0 Å². The van der Waals surface area contributed by atoms with E-state index in [0.717, 1.165) is 0 Å². The van der Waals surface area contributed by atoms with Gasteiger partial charge in [0.2, 0.25) is 11.8 Å². The molecule has 1 fully saturated rings. The van der Waals surface area contributed by atoms with E-state index in [1.165, 1.54) is 0 Å². The molecular weight excluding hydrogens is 198 g/mol. The molecule has 0 aliphatic carbocycles. The van der Waals surface area contributed by atoms with Crippen molar-refractivity contribution >= 4 is 11.8 Å². The van der Waals surface area contributed by atoms with Gasteiger partial charge in [-0.05, 0) is 0 Å². The zero-order valence-corrected chi connectivity index (χ0v) is 8.79. The van der Waals surface area contributed by atoms with Crippen LogP contribution in [0.15, 0.2) is 0 Å². The van der Waals surface area contributed by atoms with Crippen LogP contribution >= 0.6 is 0 Å². The summed E-state index contributed by atoms with van der Waals surface area (Å²) >= 11 is 0. The summed E-state index contributed by atoms with van der Waals surface area (Å²) in [5, 5.41) is 5.14. The van der Waals surface area contributed by atoms with Crippen molar-refractivity contribution in [3.05, 3.63) is 0 Å². The van der Waals surface area contributed by atoms with Gasteiger partial charge < -0.3 is 21.1 Å². The lowest BCUT2D eigenvalue weighted by Crippen LogP contribution is -2.41. The summed E-state index contributed by atoms with van der Waals surface area (Å²) in [4.78, 5) is 22.4. The minimum absolute atomic E-state index is 0.0951. The fraction of sp³-hybridized carbons (Fsp3) is 0.778. The molecular formula is C9H17N3O3. The van der Waals surface area contributed by atoms with Gasteiger partial charge in [-0.15, -0.1) is 0 Å². The predicted octanol–water partition coefficient (Wildman–Crippen LogP) is -1.79. The van der Waals surface area contributed by atoms with Gasteiger partial charge in [-0.25, -0.2) is 0 Å². The molecule has 2 unspecified atom stereocenters. The smallest absolute Gasteiger partial charge is 0.227 e. The minimum Gasteiger partial charge on any atom is -0.379 e. The molecule has 0 spiro atoms. The fourth-order valence-electron chi connectivity index (χ4n) is 1.40. The maximum Gasteiger partial charge on any atom is 0.227 e. The van der Waals surface area contributed by atoms with Crippen LogP contribution in [0.3, 0.4) is 0 Å². The zero-order valence-electron chi connectivity index (χ0n) is 8.79. The number of hydrogen-bond acceptors (Lipinski definition) is 4. The van der Waals surface area contributed by atoms with Gasteiger partial charge in [0, 0.05) is 26.1 Å². The van der Waals surface area contributed by atoms with Gasteiger partial charge in [0.25, 0.3) is 0 Å². The highest BCUT2D eigenvalue weighted by molar-refractivity contribution is 5.81. The van der Waals surface area contributed by atoms with Gasteiger partial charge in [0.15, 0.2) is 0 Å². The van der Waals surface area contributed by atoms with Gasteiger partial charge >= 0.3 is 0 Å². The van der Waals surface area contributed by atoms with Crippen LogP contribution in [0.4, 0.5) is 0 Å². The highest BCUT2D eigenvalue weighted by Gasteiger charge is 2.30. The van der Waals surface area contributed by atoms with Gasteiger partial charge in [-0.3, -0.25) is 9.59 Å². The third kappa shape index (κ3) is 3.49. The van der Waals surface area contributed by atoms with Crippen LogP contribution in [-0.2, 0) is 14.3 Å². The molecule has 1 heterocycles. The number of ether oxygens (including phenoxy) is 1. The van der Waals surface area contributed by atoms with Crippen LogP contribution in [0.2, 0.25) is 0 Å². The summed E-state index contributed by atoms with van der Waals surface area (Å²) in [6, 6.07) is -0.231. The van der Waals surface area contributed by atoms with E-state index in [9.17, 15) is 9.59 Å². The van der Waals surface area contributed by atoms with Crippen LogP contribution in [0.25, 0.3) is 0 Å². The lowest BCUT2D eigenvalue weighted by molar-refractivity contribution is -0.125. The molecule has 0 saturated carbocycles. The minimum atomic E-state index is -0.283. The highest BCUT2D eigenvalue weighted by atomic mass is 16.5. The SMILES string of the molecule is CNC(=O)CCNC(=O)C1COCC1N. The second-order valence-electron chi connectivity index (χ2n) is 3.52. The average Bonchev–Trinajstić information content (AvgIpc) is 2.64. The molecule has 1 saturated heterocycles. The van der Waals surface area contributed by atoms with Gasteiger partial charge in [-0.2, -0.15) is 0 Å². The van der Waals surface area contributed by atoms with E-state index < -0.39 is 0 Å². The van der Waals surface area contributed by atoms with Crippen molar-refractivity contribution in [2.24, 2.45) is 11.7 Å². The average molecular weight is 215 g/mol. The topological polar surface area (TPSA) is 93.5 Å². The van der Waals surface area contributed by atoms with Crippen LogP contribution < -0.4 is 16.4 Å². The summed E-state index contributed by atoms with van der Waals surface area (Å²) in [5.74, 6) is -0.513. The largest absolute Gasteiger partial charge is 0.379 e. The van der Waals surface area contributed by atoms with E-state index >= 15 is 0 Å². The summed E-state index contributed by atoms with van der Waals surface area (Å²) in [5.41, 5.74) is 5.67. The normalized spacial score (nSPS) is 24.9. The maximum atomic E-state index is 11.5. The fourth-order valence-corrected chi connectivity index (χ4v) is 1.40. The molecule has 6 heteroatoms. The molecule has 0 radical (unpaired) electrons. The Bertz CT molecular complexity index is 245. The van der Waals surface area contributed by atoms with Crippen molar-refractivity contribution in [1.29, 1.82) is 0 Å². The second kappa shape index (κ2) is 5.67. The molecule has 2 amide bonds. The standard InChI is InChI=1S/C9H17N3O3/c1-11-8(13)2-3-12-9(14)6-4-15-5-7(6)10/h6-7H,2-5,10H2,1H3,(H,11,13)(H,12,14). The molecule has 1 rings (SSSR count). The number of carbonyl (C=O) groups excluding carboxylic acids is 2. The van der Waals surface area contributed by atoms with E-state index in [0.29, 0.717) is 19.8 Å². The first-order valence-corrected chi connectivity index (χ1v) is 4.96. The maximum absolute atomic E-state index is 11.5. The van der Waals surface area contributed by atoms with Crippen molar-refractivity contribution < 1.29 is 14.3 Å². The zero-order chi connectivity index (χ0) is 11.3. The number of amides is 2. The molecule has 0 aromatic heterocycles. The first kappa shape index (κ1) is 11.9. The molecule has 6 nitrogen and oxygen atoms in total. The second-order valence-corrected chi connectivity index (χ2v) is 3.52. The third-order valence-electron chi connectivity index (χ3n) is 2.39. The van der Waals surface area contributed by atoms with Crippen molar-refractivity contribution in [3.63, 3.8) is 0 Å². The molecule has 0 aromatic carbocycles. The number of hydrogen-bond donors (Lipinski definition) is 3. The Morgan fingerprint density at radius 3 is 2.73 bits per heavy atom. The van der Waals surface area contributed by atoms with Crippen LogP contribution in [0, 0.1) is 5.92 Å². The molecule has 86 valence electrons. The molecule has 0 aromatic rings. The molecule has 4 N–H and O–H groups in total. The predicted molar refractivity (Wildman–Crippen MR) is 54.0 cm³/mol. The number of rotatable bonds is 4.